The van der Waals surface area contributed by atoms with Gasteiger partial charge in [0.1, 0.15) is 0 Å². The Kier molecular flexibility index (Phi) is 4.39. The molecule has 2 aliphatic rings. The molecule has 21 heavy (non-hydrogen) atoms. The van der Waals surface area contributed by atoms with E-state index in [4.69, 9.17) is 5.10 Å². The van der Waals surface area contributed by atoms with Crippen molar-refractivity contribution in [3.63, 3.8) is 0 Å². The van der Waals surface area contributed by atoms with Crippen molar-refractivity contribution in [3.8, 4) is 0 Å². The molecule has 3 rings (SSSR count). The molecule has 118 valence electrons. The van der Waals surface area contributed by atoms with Crippen LogP contribution >= 0.6 is 0 Å². The van der Waals surface area contributed by atoms with Crippen LogP contribution in [0.1, 0.15) is 71.0 Å². The zero-order chi connectivity index (χ0) is 14.9. The lowest BCUT2D eigenvalue weighted by Crippen LogP contribution is -2.34. The molecule has 1 N–H and O–H groups in total. The van der Waals surface area contributed by atoms with Crippen LogP contribution in [0.3, 0.4) is 0 Å². The molecule has 2 fully saturated rings. The summed E-state index contributed by atoms with van der Waals surface area (Å²) < 4.78 is 2.23. The lowest BCUT2D eigenvalue weighted by molar-refractivity contribution is 0.228. The fraction of sp³-hybridized carbons (Fsp3) is 0.833. The Morgan fingerprint density at radius 1 is 1.24 bits per heavy atom. The van der Waals surface area contributed by atoms with Gasteiger partial charge in [0.15, 0.2) is 0 Å². The van der Waals surface area contributed by atoms with Gasteiger partial charge < -0.3 is 5.32 Å². The summed E-state index contributed by atoms with van der Waals surface area (Å²) in [7, 11) is 0. The second kappa shape index (κ2) is 6.12. The van der Waals surface area contributed by atoms with E-state index >= 15 is 0 Å². The SMILES string of the molecule is CC(C)(C)C(CNC1CC1)Cc1ccn(C2CCCC2)n1. The van der Waals surface area contributed by atoms with E-state index in [-0.39, 0.29) is 0 Å². The average Bonchev–Trinajstić information content (AvgIpc) is 2.92. The van der Waals surface area contributed by atoms with Gasteiger partial charge in [-0.25, -0.2) is 0 Å². The van der Waals surface area contributed by atoms with Crippen molar-refractivity contribution >= 4 is 0 Å². The monoisotopic (exact) mass is 289 g/mol. The first-order valence-electron chi connectivity index (χ1n) is 8.80. The third-order valence-corrected chi connectivity index (χ3v) is 5.27. The van der Waals surface area contributed by atoms with Gasteiger partial charge in [0.05, 0.1) is 11.7 Å². The van der Waals surface area contributed by atoms with Gasteiger partial charge in [-0.1, -0.05) is 33.6 Å². The predicted octanol–water partition coefficient (Wildman–Crippen LogP) is 3.96. The van der Waals surface area contributed by atoms with E-state index < -0.39 is 0 Å². The first kappa shape index (κ1) is 15.1. The third-order valence-electron chi connectivity index (χ3n) is 5.27. The van der Waals surface area contributed by atoms with Crippen LogP contribution in [0, 0.1) is 11.3 Å². The Labute approximate surface area is 129 Å². The fourth-order valence-corrected chi connectivity index (χ4v) is 3.39. The molecule has 1 atom stereocenters. The Bertz CT molecular complexity index is 447. The maximum Gasteiger partial charge on any atom is 0.0628 e. The van der Waals surface area contributed by atoms with Gasteiger partial charge in [0, 0.05) is 12.2 Å². The van der Waals surface area contributed by atoms with E-state index in [9.17, 15) is 0 Å². The van der Waals surface area contributed by atoms with Crippen LogP contribution in [0.2, 0.25) is 0 Å². The van der Waals surface area contributed by atoms with Crippen molar-refractivity contribution in [2.45, 2.75) is 77.8 Å². The molecule has 1 aromatic rings. The first-order valence-corrected chi connectivity index (χ1v) is 8.80. The van der Waals surface area contributed by atoms with Crippen LogP contribution in [0.15, 0.2) is 12.3 Å². The molecule has 1 heterocycles. The van der Waals surface area contributed by atoms with E-state index in [1.165, 1.54) is 44.2 Å². The van der Waals surface area contributed by atoms with Crippen molar-refractivity contribution in [1.29, 1.82) is 0 Å². The van der Waals surface area contributed by atoms with Crippen LogP contribution in [-0.2, 0) is 6.42 Å². The van der Waals surface area contributed by atoms with Crippen LogP contribution in [-0.4, -0.2) is 22.4 Å². The highest BCUT2D eigenvalue weighted by Crippen LogP contribution is 2.31. The molecule has 3 heteroatoms. The van der Waals surface area contributed by atoms with E-state index in [2.05, 4.69) is 43.0 Å². The lowest BCUT2D eigenvalue weighted by Gasteiger charge is -2.30. The zero-order valence-electron chi connectivity index (χ0n) is 13.9. The van der Waals surface area contributed by atoms with Crippen molar-refractivity contribution in [1.82, 2.24) is 15.1 Å². The van der Waals surface area contributed by atoms with E-state index in [0.717, 1.165) is 19.0 Å². The van der Waals surface area contributed by atoms with Crippen LogP contribution in [0.25, 0.3) is 0 Å². The fourth-order valence-electron chi connectivity index (χ4n) is 3.39. The highest BCUT2D eigenvalue weighted by Gasteiger charge is 2.29. The molecule has 0 saturated heterocycles. The molecule has 0 radical (unpaired) electrons. The lowest BCUT2D eigenvalue weighted by atomic mass is 9.78. The van der Waals surface area contributed by atoms with Crippen LogP contribution in [0.5, 0.6) is 0 Å². The highest BCUT2D eigenvalue weighted by molar-refractivity contribution is 5.03. The molecule has 2 aliphatic carbocycles. The first-order chi connectivity index (χ1) is 10.0. The van der Waals surface area contributed by atoms with Gasteiger partial charge >= 0.3 is 0 Å². The highest BCUT2D eigenvalue weighted by atomic mass is 15.3. The number of nitrogens with one attached hydrogen (secondary N) is 1. The minimum absolute atomic E-state index is 0.332. The minimum Gasteiger partial charge on any atom is -0.314 e. The van der Waals surface area contributed by atoms with Gasteiger partial charge in [-0.15, -0.1) is 0 Å². The number of hydrogen-bond acceptors (Lipinski definition) is 2. The maximum absolute atomic E-state index is 4.88. The molecule has 1 unspecified atom stereocenters. The van der Waals surface area contributed by atoms with Crippen LogP contribution < -0.4 is 5.32 Å². The van der Waals surface area contributed by atoms with E-state index in [1.54, 1.807) is 0 Å². The van der Waals surface area contributed by atoms with Gasteiger partial charge in [-0.2, -0.15) is 5.10 Å². The molecule has 1 aromatic heterocycles. The molecular weight excluding hydrogens is 258 g/mol. The molecule has 0 aliphatic heterocycles. The normalized spacial score (nSPS) is 21.9. The summed E-state index contributed by atoms with van der Waals surface area (Å²) in [6, 6.07) is 3.70. The number of nitrogens with zero attached hydrogens (tertiary/aromatic N) is 2. The van der Waals surface area contributed by atoms with Gasteiger partial charge in [-0.05, 0) is 56.0 Å². The molecule has 3 nitrogen and oxygen atoms in total. The Hall–Kier alpha value is -0.830. The Morgan fingerprint density at radius 2 is 1.95 bits per heavy atom. The summed E-state index contributed by atoms with van der Waals surface area (Å²) in [5.41, 5.74) is 1.61. The second-order valence-corrected chi connectivity index (χ2v) is 8.17. The standard InChI is InChI=1S/C18H31N3/c1-18(2,3)14(13-19-15-8-9-15)12-16-10-11-21(20-16)17-6-4-5-7-17/h10-11,14-15,17,19H,4-9,12-13H2,1-3H3. The summed E-state index contributed by atoms with van der Waals surface area (Å²) in [5, 5.41) is 8.59. The van der Waals surface area contributed by atoms with Gasteiger partial charge in [0.2, 0.25) is 0 Å². The number of rotatable bonds is 6. The third kappa shape index (κ3) is 4.09. The Morgan fingerprint density at radius 3 is 2.57 bits per heavy atom. The molecule has 0 aromatic carbocycles. The minimum atomic E-state index is 0.332. The predicted molar refractivity (Wildman–Crippen MR) is 87.4 cm³/mol. The van der Waals surface area contributed by atoms with E-state index in [0.29, 0.717) is 17.4 Å². The quantitative estimate of drug-likeness (QED) is 0.859. The van der Waals surface area contributed by atoms with Gasteiger partial charge in [0.25, 0.3) is 0 Å². The second-order valence-electron chi connectivity index (χ2n) is 8.17. The zero-order valence-corrected chi connectivity index (χ0v) is 13.9. The summed E-state index contributed by atoms with van der Waals surface area (Å²) in [4.78, 5) is 0. The molecular formula is C18H31N3. The van der Waals surface area contributed by atoms with Crippen molar-refractivity contribution in [2.75, 3.05) is 6.54 Å². The van der Waals surface area contributed by atoms with Crippen molar-refractivity contribution in [3.05, 3.63) is 18.0 Å². The molecule has 0 spiro atoms. The van der Waals surface area contributed by atoms with Crippen molar-refractivity contribution < 1.29 is 0 Å². The Balaban J connectivity index is 1.61. The molecule has 0 amide bonds. The summed E-state index contributed by atoms with van der Waals surface area (Å²) >= 11 is 0. The molecule has 0 bridgehead atoms. The van der Waals surface area contributed by atoms with Crippen molar-refractivity contribution in [2.24, 2.45) is 11.3 Å². The van der Waals surface area contributed by atoms with E-state index in [1.807, 2.05) is 0 Å². The largest absolute Gasteiger partial charge is 0.314 e. The summed E-state index contributed by atoms with van der Waals surface area (Å²) in [6.45, 7) is 8.21. The smallest absolute Gasteiger partial charge is 0.0628 e. The number of aromatic nitrogens is 2. The summed E-state index contributed by atoms with van der Waals surface area (Å²) in [6.07, 6.45) is 11.4. The average molecular weight is 289 g/mol. The maximum atomic E-state index is 4.88. The summed E-state index contributed by atoms with van der Waals surface area (Å²) in [5.74, 6) is 0.657. The topological polar surface area (TPSA) is 29.9 Å². The van der Waals surface area contributed by atoms with Crippen LogP contribution in [0.4, 0.5) is 0 Å². The van der Waals surface area contributed by atoms with Gasteiger partial charge in [-0.3, -0.25) is 4.68 Å². The molecule has 2 saturated carbocycles. The number of hydrogen-bond donors (Lipinski definition) is 1.